The first kappa shape index (κ1) is 20.2. The van der Waals surface area contributed by atoms with Crippen molar-refractivity contribution >= 4 is 23.0 Å². The van der Waals surface area contributed by atoms with E-state index in [1.807, 2.05) is 24.3 Å². The van der Waals surface area contributed by atoms with Crippen LogP contribution in [0.4, 0.5) is 17.1 Å². The molecule has 2 aliphatic rings. The summed E-state index contributed by atoms with van der Waals surface area (Å²) in [5, 5.41) is 14.4. The maximum absolute atomic E-state index is 13.1. The number of hydrogen-bond acceptors (Lipinski definition) is 5. The Kier molecular flexibility index (Phi) is 5.61. The second kappa shape index (κ2) is 8.34. The van der Waals surface area contributed by atoms with Crippen molar-refractivity contribution in [2.75, 3.05) is 36.0 Å². The molecule has 2 heterocycles. The molecule has 0 aliphatic carbocycles. The molecule has 158 valence electrons. The normalized spacial score (nSPS) is 20.5. The van der Waals surface area contributed by atoms with Gasteiger partial charge >= 0.3 is 0 Å². The van der Waals surface area contributed by atoms with Crippen molar-refractivity contribution in [1.29, 1.82) is 0 Å². The van der Waals surface area contributed by atoms with Crippen LogP contribution < -0.4 is 15.1 Å². The SMILES string of the molecule is CC(C)CNC(=O)[C@@H]1Cc2cc([N+](=O)[O-])ccc2N2CCN(c3ccccc3)C[C@@H]12. The Bertz CT molecular complexity index is 931. The third-order valence-corrected chi connectivity index (χ3v) is 6.05. The van der Waals surface area contributed by atoms with E-state index in [1.54, 1.807) is 12.1 Å². The van der Waals surface area contributed by atoms with E-state index in [4.69, 9.17) is 0 Å². The molecule has 2 aromatic rings. The fraction of sp³-hybridized carbons (Fsp3) is 0.435. The van der Waals surface area contributed by atoms with Crippen LogP contribution in [0.15, 0.2) is 48.5 Å². The second-order valence-electron chi connectivity index (χ2n) is 8.56. The molecule has 7 heteroatoms. The lowest BCUT2D eigenvalue weighted by atomic mass is 9.83. The zero-order chi connectivity index (χ0) is 21.3. The average molecular weight is 409 g/mol. The molecule has 0 bridgehead atoms. The summed E-state index contributed by atoms with van der Waals surface area (Å²) in [6, 6.07) is 15.4. The average Bonchev–Trinajstić information content (AvgIpc) is 2.76. The number of carbonyl (C=O) groups excluding carboxylic acids is 1. The predicted octanol–water partition coefficient (Wildman–Crippen LogP) is 3.23. The van der Waals surface area contributed by atoms with Crippen molar-refractivity contribution in [3.63, 3.8) is 0 Å². The molecular weight excluding hydrogens is 380 g/mol. The Labute approximate surface area is 176 Å². The molecule has 0 unspecified atom stereocenters. The summed E-state index contributed by atoms with van der Waals surface area (Å²) in [6.45, 7) is 7.15. The van der Waals surface area contributed by atoms with E-state index in [0.717, 1.165) is 36.6 Å². The van der Waals surface area contributed by atoms with Gasteiger partial charge in [0.2, 0.25) is 5.91 Å². The van der Waals surface area contributed by atoms with Gasteiger partial charge in [0.15, 0.2) is 0 Å². The molecule has 2 aromatic carbocycles. The van der Waals surface area contributed by atoms with Gasteiger partial charge < -0.3 is 15.1 Å². The first-order valence-electron chi connectivity index (χ1n) is 10.6. The molecule has 1 N–H and O–H groups in total. The van der Waals surface area contributed by atoms with E-state index in [-0.39, 0.29) is 28.5 Å². The second-order valence-corrected chi connectivity index (χ2v) is 8.56. The molecule has 2 atom stereocenters. The smallest absolute Gasteiger partial charge is 0.269 e. The third-order valence-electron chi connectivity index (χ3n) is 6.05. The zero-order valence-electron chi connectivity index (χ0n) is 17.5. The van der Waals surface area contributed by atoms with Gasteiger partial charge in [0.05, 0.1) is 16.9 Å². The van der Waals surface area contributed by atoms with Gasteiger partial charge in [-0.2, -0.15) is 0 Å². The van der Waals surface area contributed by atoms with Crippen LogP contribution in [0.1, 0.15) is 19.4 Å². The molecule has 1 saturated heterocycles. The number of amides is 1. The number of nitro benzene ring substituents is 1. The van der Waals surface area contributed by atoms with Crippen molar-refractivity contribution in [3.8, 4) is 0 Å². The van der Waals surface area contributed by atoms with E-state index in [9.17, 15) is 14.9 Å². The van der Waals surface area contributed by atoms with Crippen LogP contribution in [-0.2, 0) is 11.2 Å². The van der Waals surface area contributed by atoms with Crippen LogP contribution in [0.3, 0.4) is 0 Å². The Hall–Kier alpha value is -3.09. The summed E-state index contributed by atoms with van der Waals surface area (Å²) in [4.78, 5) is 28.7. The number of piperazine rings is 1. The number of nitro groups is 1. The number of anilines is 2. The van der Waals surface area contributed by atoms with E-state index < -0.39 is 0 Å². The molecular formula is C23H28N4O3. The Morgan fingerprint density at radius 1 is 1.20 bits per heavy atom. The van der Waals surface area contributed by atoms with Gasteiger partial charge in [-0.1, -0.05) is 32.0 Å². The van der Waals surface area contributed by atoms with Gasteiger partial charge in [0.1, 0.15) is 0 Å². The largest absolute Gasteiger partial charge is 0.368 e. The number of hydrogen-bond donors (Lipinski definition) is 1. The fourth-order valence-corrected chi connectivity index (χ4v) is 4.53. The van der Waals surface area contributed by atoms with Crippen molar-refractivity contribution in [2.24, 2.45) is 11.8 Å². The molecule has 0 radical (unpaired) electrons. The molecule has 4 rings (SSSR count). The van der Waals surface area contributed by atoms with Crippen LogP contribution in [-0.4, -0.2) is 43.1 Å². The number of non-ortho nitro benzene ring substituents is 1. The van der Waals surface area contributed by atoms with Crippen molar-refractivity contribution in [3.05, 3.63) is 64.2 Å². The summed E-state index contributed by atoms with van der Waals surface area (Å²) < 4.78 is 0. The number of para-hydroxylation sites is 1. The van der Waals surface area contributed by atoms with Crippen LogP contribution >= 0.6 is 0 Å². The number of carbonyl (C=O) groups is 1. The standard InChI is InChI=1S/C23H28N4O3/c1-16(2)14-24-23(28)20-13-17-12-19(27(29)30)8-9-21(17)26-11-10-25(15-22(20)26)18-6-4-3-5-7-18/h3-9,12,16,20,22H,10-11,13-15H2,1-2H3,(H,24,28)/t20-,22+/m1/s1. The van der Waals surface area contributed by atoms with Crippen molar-refractivity contribution in [2.45, 2.75) is 26.3 Å². The zero-order valence-corrected chi connectivity index (χ0v) is 17.5. The molecule has 0 spiro atoms. The highest BCUT2D eigenvalue weighted by molar-refractivity contribution is 5.82. The summed E-state index contributed by atoms with van der Waals surface area (Å²) in [7, 11) is 0. The lowest BCUT2D eigenvalue weighted by Crippen LogP contribution is -2.61. The highest BCUT2D eigenvalue weighted by atomic mass is 16.6. The predicted molar refractivity (Wildman–Crippen MR) is 118 cm³/mol. The fourth-order valence-electron chi connectivity index (χ4n) is 4.53. The van der Waals surface area contributed by atoms with Gasteiger partial charge in [-0.05, 0) is 36.1 Å². The Morgan fingerprint density at radius 3 is 2.67 bits per heavy atom. The molecule has 2 aliphatic heterocycles. The van der Waals surface area contributed by atoms with Crippen LogP contribution in [0.25, 0.3) is 0 Å². The highest BCUT2D eigenvalue weighted by Crippen LogP contribution is 2.38. The van der Waals surface area contributed by atoms with Crippen molar-refractivity contribution in [1.82, 2.24) is 5.32 Å². The Balaban J connectivity index is 1.66. The topological polar surface area (TPSA) is 78.7 Å². The molecule has 1 fully saturated rings. The van der Waals surface area contributed by atoms with E-state index >= 15 is 0 Å². The third kappa shape index (κ3) is 3.97. The minimum Gasteiger partial charge on any atom is -0.368 e. The van der Waals surface area contributed by atoms with Crippen LogP contribution in [0.5, 0.6) is 0 Å². The van der Waals surface area contributed by atoms with Gasteiger partial charge in [-0.15, -0.1) is 0 Å². The Morgan fingerprint density at radius 2 is 1.97 bits per heavy atom. The number of rotatable bonds is 5. The minimum atomic E-state index is -0.368. The first-order chi connectivity index (χ1) is 14.4. The van der Waals surface area contributed by atoms with E-state index in [1.165, 1.54) is 0 Å². The number of fused-ring (bicyclic) bond motifs is 3. The summed E-state index contributed by atoms with van der Waals surface area (Å²) in [6.07, 6.45) is 0.519. The minimum absolute atomic E-state index is 0.0278. The van der Waals surface area contributed by atoms with E-state index in [0.29, 0.717) is 18.9 Å². The summed E-state index contributed by atoms with van der Waals surface area (Å²) in [5.74, 6) is 0.157. The van der Waals surface area contributed by atoms with Gasteiger partial charge in [-0.3, -0.25) is 14.9 Å². The van der Waals surface area contributed by atoms with Gasteiger partial charge in [0.25, 0.3) is 5.69 Å². The lowest BCUT2D eigenvalue weighted by molar-refractivity contribution is -0.384. The monoisotopic (exact) mass is 408 g/mol. The van der Waals surface area contributed by atoms with Gasteiger partial charge in [0, 0.05) is 49.7 Å². The first-order valence-corrected chi connectivity index (χ1v) is 10.6. The molecule has 0 aromatic heterocycles. The van der Waals surface area contributed by atoms with E-state index in [2.05, 4.69) is 41.1 Å². The van der Waals surface area contributed by atoms with Gasteiger partial charge in [-0.25, -0.2) is 0 Å². The quantitative estimate of drug-likeness (QED) is 0.607. The highest BCUT2D eigenvalue weighted by Gasteiger charge is 2.42. The number of nitrogens with zero attached hydrogens (tertiary/aromatic N) is 3. The molecule has 30 heavy (non-hydrogen) atoms. The lowest BCUT2D eigenvalue weighted by Gasteiger charge is -2.49. The summed E-state index contributed by atoms with van der Waals surface area (Å²) in [5.41, 5.74) is 3.15. The molecule has 7 nitrogen and oxygen atoms in total. The van der Waals surface area contributed by atoms with Crippen LogP contribution in [0, 0.1) is 22.0 Å². The number of nitrogens with one attached hydrogen (secondary N) is 1. The molecule has 1 amide bonds. The maximum atomic E-state index is 13.1. The molecule has 0 saturated carbocycles. The maximum Gasteiger partial charge on any atom is 0.269 e. The van der Waals surface area contributed by atoms with Crippen LogP contribution in [0.2, 0.25) is 0 Å². The van der Waals surface area contributed by atoms with Crippen molar-refractivity contribution < 1.29 is 9.72 Å². The number of benzene rings is 2. The summed E-state index contributed by atoms with van der Waals surface area (Å²) >= 11 is 0.